The van der Waals surface area contributed by atoms with E-state index in [4.69, 9.17) is 4.42 Å². The van der Waals surface area contributed by atoms with E-state index in [1.165, 1.54) is 6.26 Å². The molecule has 1 aliphatic rings. The van der Waals surface area contributed by atoms with Crippen LogP contribution in [0, 0.1) is 0 Å². The van der Waals surface area contributed by atoms with Crippen LogP contribution < -0.4 is 10.6 Å². The van der Waals surface area contributed by atoms with Crippen molar-refractivity contribution in [3.05, 3.63) is 24.2 Å². The maximum atomic E-state index is 12.0. The normalized spacial score (nSPS) is 19.5. The van der Waals surface area contributed by atoms with Crippen molar-refractivity contribution in [1.29, 1.82) is 0 Å². The van der Waals surface area contributed by atoms with Gasteiger partial charge in [0.1, 0.15) is 18.3 Å². The number of rotatable bonds is 6. The van der Waals surface area contributed by atoms with E-state index in [2.05, 4.69) is 10.6 Å². The summed E-state index contributed by atoms with van der Waals surface area (Å²) in [6.45, 7) is 3.41. The van der Waals surface area contributed by atoms with Crippen LogP contribution >= 0.6 is 0 Å². The van der Waals surface area contributed by atoms with E-state index in [1.807, 2.05) is 6.92 Å². The van der Waals surface area contributed by atoms with E-state index in [0.717, 1.165) is 11.3 Å². The Bertz CT molecular complexity index is 526. The fraction of sp³-hybridized carbons (Fsp3) is 0.500. The van der Waals surface area contributed by atoms with Crippen molar-refractivity contribution >= 4 is 17.8 Å². The van der Waals surface area contributed by atoms with Gasteiger partial charge < -0.3 is 15.1 Å². The first-order chi connectivity index (χ1) is 10.0. The molecule has 0 radical (unpaired) electrons. The SMILES string of the molecule is CCCC1NC(=O)N(CC(=O)NC(C)c2ccco2)C1=O. The highest BCUT2D eigenvalue weighted by Gasteiger charge is 2.38. The molecular weight excluding hydrogens is 274 g/mol. The van der Waals surface area contributed by atoms with E-state index < -0.39 is 18.0 Å². The lowest BCUT2D eigenvalue weighted by Gasteiger charge is -2.15. The molecule has 2 heterocycles. The largest absolute Gasteiger partial charge is 0.467 e. The number of hydrogen-bond donors (Lipinski definition) is 2. The van der Waals surface area contributed by atoms with Crippen LogP contribution in [0.15, 0.2) is 22.8 Å². The third-order valence-corrected chi connectivity index (χ3v) is 3.33. The molecule has 2 unspecified atom stereocenters. The zero-order chi connectivity index (χ0) is 15.4. The minimum Gasteiger partial charge on any atom is -0.467 e. The number of amides is 4. The molecule has 21 heavy (non-hydrogen) atoms. The molecule has 1 saturated heterocycles. The van der Waals surface area contributed by atoms with Gasteiger partial charge in [-0.2, -0.15) is 0 Å². The monoisotopic (exact) mass is 293 g/mol. The molecule has 1 aliphatic heterocycles. The van der Waals surface area contributed by atoms with Crippen LogP contribution in [0.5, 0.6) is 0 Å². The van der Waals surface area contributed by atoms with Gasteiger partial charge in [0.25, 0.3) is 5.91 Å². The Morgan fingerprint density at radius 1 is 1.52 bits per heavy atom. The van der Waals surface area contributed by atoms with Gasteiger partial charge in [-0.1, -0.05) is 13.3 Å². The summed E-state index contributed by atoms with van der Waals surface area (Å²) in [6.07, 6.45) is 2.88. The third kappa shape index (κ3) is 3.42. The average molecular weight is 293 g/mol. The van der Waals surface area contributed by atoms with Crippen LogP contribution in [0.1, 0.15) is 38.5 Å². The second-order valence-corrected chi connectivity index (χ2v) is 5.02. The Morgan fingerprint density at radius 2 is 2.29 bits per heavy atom. The van der Waals surface area contributed by atoms with E-state index in [-0.39, 0.29) is 18.5 Å². The highest BCUT2D eigenvalue weighted by molar-refractivity contribution is 6.06. The predicted molar refractivity (Wildman–Crippen MR) is 74.2 cm³/mol. The number of nitrogens with zero attached hydrogens (tertiary/aromatic N) is 1. The van der Waals surface area contributed by atoms with Crippen LogP contribution in [0.4, 0.5) is 4.79 Å². The molecule has 2 N–H and O–H groups in total. The van der Waals surface area contributed by atoms with E-state index in [1.54, 1.807) is 19.1 Å². The van der Waals surface area contributed by atoms with Crippen molar-refractivity contribution in [3.63, 3.8) is 0 Å². The smallest absolute Gasteiger partial charge is 0.325 e. The standard InChI is InChI=1S/C14H19N3O4/c1-3-5-10-13(19)17(14(20)16-10)8-12(18)15-9(2)11-6-4-7-21-11/h4,6-7,9-10H,3,5,8H2,1-2H3,(H,15,18)(H,16,20). The van der Waals surface area contributed by atoms with Crippen molar-refractivity contribution in [3.8, 4) is 0 Å². The fourth-order valence-electron chi connectivity index (χ4n) is 2.25. The first-order valence-corrected chi connectivity index (χ1v) is 6.97. The lowest BCUT2D eigenvalue weighted by molar-refractivity contribution is -0.132. The average Bonchev–Trinajstić information content (AvgIpc) is 3.04. The Labute approximate surface area is 122 Å². The summed E-state index contributed by atoms with van der Waals surface area (Å²) in [5, 5.41) is 5.27. The van der Waals surface area contributed by atoms with Gasteiger partial charge in [0.05, 0.1) is 12.3 Å². The lowest BCUT2D eigenvalue weighted by atomic mass is 10.2. The Morgan fingerprint density at radius 3 is 2.90 bits per heavy atom. The third-order valence-electron chi connectivity index (χ3n) is 3.33. The minimum atomic E-state index is -0.516. The molecule has 0 saturated carbocycles. The summed E-state index contributed by atoms with van der Waals surface area (Å²) in [5.41, 5.74) is 0. The molecule has 1 aromatic rings. The molecule has 4 amide bonds. The molecule has 1 fully saturated rings. The fourth-order valence-corrected chi connectivity index (χ4v) is 2.25. The highest BCUT2D eigenvalue weighted by Crippen LogP contribution is 2.13. The number of nitrogens with one attached hydrogen (secondary N) is 2. The van der Waals surface area contributed by atoms with Gasteiger partial charge in [0.2, 0.25) is 5.91 Å². The molecule has 0 aliphatic carbocycles. The number of imide groups is 1. The van der Waals surface area contributed by atoms with Crippen molar-refractivity contribution in [2.75, 3.05) is 6.54 Å². The van der Waals surface area contributed by atoms with E-state index in [0.29, 0.717) is 12.2 Å². The highest BCUT2D eigenvalue weighted by atomic mass is 16.3. The van der Waals surface area contributed by atoms with Crippen LogP contribution in [0.3, 0.4) is 0 Å². The van der Waals surface area contributed by atoms with Gasteiger partial charge in [0, 0.05) is 0 Å². The van der Waals surface area contributed by atoms with Gasteiger partial charge in [-0.25, -0.2) is 4.79 Å². The topological polar surface area (TPSA) is 91.7 Å². The number of carbonyl (C=O) groups excluding carboxylic acids is 3. The van der Waals surface area contributed by atoms with Crippen LogP contribution in [0.2, 0.25) is 0 Å². The molecule has 2 atom stereocenters. The minimum absolute atomic E-state index is 0.282. The number of furan rings is 1. The maximum Gasteiger partial charge on any atom is 0.325 e. The predicted octanol–water partition coefficient (Wildman–Crippen LogP) is 1.18. The van der Waals surface area contributed by atoms with Gasteiger partial charge in [0.15, 0.2) is 0 Å². The molecule has 1 aromatic heterocycles. The number of carbonyl (C=O) groups is 3. The first kappa shape index (κ1) is 15.1. The molecule has 0 aromatic carbocycles. The van der Waals surface area contributed by atoms with Gasteiger partial charge in [-0.15, -0.1) is 0 Å². The zero-order valence-corrected chi connectivity index (χ0v) is 12.1. The Balaban J connectivity index is 1.90. The van der Waals surface area contributed by atoms with Gasteiger partial charge in [-0.05, 0) is 25.5 Å². The zero-order valence-electron chi connectivity index (χ0n) is 12.1. The summed E-state index contributed by atoms with van der Waals surface area (Å²) >= 11 is 0. The summed E-state index contributed by atoms with van der Waals surface area (Å²) in [5.74, 6) is -0.133. The first-order valence-electron chi connectivity index (χ1n) is 6.97. The lowest BCUT2D eigenvalue weighted by Crippen LogP contribution is -2.41. The molecule has 0 bridgehead atoms. The quantitative estimate of drug-likeness (QED) is 0.770. The molecule has 0 spiro atoms. The summed E-state index contributed by atoms with van der Waals surface area (Å²) < 4.78 is 5.18. The maximum absolute atomic E-state index is 12.0. The van der Waals surface area contributed by atoms with Gasteiger partial charge >= 0.3 is 6.03 Å². The Hall–Kier alpha value is -2.31. The molecule has 2 rings (SSSR count). The second kappa shape index (κ2) is 6.43. The van der Waals surface area contributed by atoms with Crippen molar-refractivity contribution in [2.45, 2.75) is 38.8 Å². The molecule has 114 valence electrons. The summed E-state index contributed by atoms with van der Waals surface area (Å²) in [6, 6.07) is 2.12. The van der Waals surface area contributed by atoms with Crippen molar-refractivity contribution in [1.82, 2.24) is 15.5 Å². The van der Waals surface area contributed by atoms with E-state index in [9.17, 15) is 14.4 Å². The van der Waals surface area contributed by atoms with Crippen molar-refractivity contribution in [2.24, 2.45) is 0 Å². The van der Waals surface area contributed by atoms with Crippen molar-refractivity contribution < 1.29 is 18.8 Å². The summed E-state index contributed by atoms with van der Waals surface area (Å²) in [4.78, 5) is 36.6. The number of hydrogen-bond acceptors (Lipinski definition) is 4. The molecule has 7 heteroatoms. The Kier molecular flexibility index (Phi) is 4.62. The van der Waals surface area contributed by atoms with E-state index >= 15 is 0 Å². The second-order valence-electron chi connectivity index (χ2n) is 5.02. The number of urea groups is 1. The van der Waals surface area contributed by atoms with Gasteiger partial charge in [-0.3, -0.25) is 14.5 Å². The molecular formula is C14H19N3O4. The van der Waals surface area contributed by atoms with Crippen LogP contribution in [0.25, 0.3) is 0 Å². The van der Waals surface area contributed by atoms with Crippen LogP contribution in [-0.4, -0.2) is 35.3 Å². The summed E-state index contributed by atoms with van der Waals surface area (Å²) in [7, 11) is 0. The van der Waals surface area contributed by atoms with Crippen LogP contribution in [-0.2, 0) is 9.59 Å². The molecule has 7 nitrogen and oxygen atoms in total.